The van der Waals surface area contributed by atoms with E-state index < -0.39 is 0 Å². The first kappa shape index (κ1) is 15.8. The highest BCUT2D eigenvalue weighted by Gasteiger charge is 2.06. The van der Waals surface area contributed by atoms with E-state index in [4.69, 9.17) is 9.47 Å². The van der Waals surface area contributed by atoms with Crippen molar-refractivity contribution in [1.29, 1.82) is 0 Å². The van der Waals surface area contributed by atoms with Gasteiger partial charge in [0.05, 0.1) is 20.3 Å². The van der Waals surface area contributed by atoms with Crippen LogP contribution in [-0.2, 0) is 17.8 Å². The summed E-state index contributed by atoms with van der Waals surface area (Å²) in [5, 5.41) is 0. The van der Waals surface area contributed by atoms with Crippen LogP contribution in [0.4, 0.5) is 0 Å². The molecule has 0 unspecified atom stereocenters. The van der Waals surface area contributed by atoms with Gasteiger partial charge in [-0.05, 0) is 28.8 Å². The second kappa shape index (κ2) is 8.01. The third kappa shape index (κ3) is 4.45. The SMILES string of the molecule is C=CCOCc1ccc(Cc2ccccc2OC)cc1Br. The van der Waals surface area contributed by atoms with Crippen LogP contribution in [0.3, 0.4) is 0 Å². The molecular weight excluding hydrogens is 328 g/mol. The Morgan fingerprint density at radius 2 is 1.95 bits per heavy atom. The van der Waals surface area contributed by atoms with E-state index in [-0.39, 0.29) is 0 Å². The van der Waals surface area contributed by atoms with E-state index in [1.54, 1.807) is 13.2 Å². The average Bonchev–Trinajstić information content (AvgIpc) is 2.50. The monoisotopic (exact) mass is 346 g/mol. The minimum atomic E-state index is 0.565. The van der Waals surface area contributed by atoms with Gasteiger partial charge < -0.3 is 9.47 Å². The Bertz CT molecular complexity index is 608. The van der Waals surface area contributed by atoms with Gasteiger partial charge >= 0.3 is 0 Å². The molecule has 0 aromatic heterocycles. The Morgan fingerprint density at radius 1 is 1.14 bits per heavy atom. The van der Waals surface area contributed by atoms with Crippen molar-refractivity contribution >= 4 is 15.9 Å². The number of hydrogen-bond donors (Lipinski definition) is 0. The van der Waals surface area contributed by atoms with Crippen molar-refractivity contribution in [3.8, 4) is 5.75 Å². The van der Waals surface area contributed by atoms with Crippen molar-refractivity contribution in [1.82, 2.24) is 0 Å². The fourth-order valence-electron chi connectivity index (χ4n) is 2.14. The van der Waals surface area contributed by atoms with E-state index in [0.717, 1.165) is 22.2 Å². The maximum Gasteiger partial charge on any atom is 0.122 e. The molecule has 0 aliphatic carbocycles. The molecule has 0 spiro atoms. The van der Waals surface area contributed by atoms with E-state index in [2.05, 4.69) is 46.8 Å². The normalized spacial score (nSPS) is 10.4. The van der Waals surface area contributed by atoms with Crippen molar-refractivity contribution < 1.29 is 9.47 Å². The molecule has 0 radical (unpaired) electrons. The molecule has 0 N–H and O–H groups in total. The summed E-state index contributed by atoms with van der Waals surface area (Å²) in [6, 6.07) is 14.5. The highest BCUT2D eigenvalue weighted by Crippen LogP contribution is 2.24. The fraction of sp³-hybridized carbons (Fsp3) is 0.222. The lowest BCUT2D eigenvalue weighted by atomic mass is 10.0. The van der Waals surface area contributed by atoms with Gasteiger partial charge in [-0.15, -0.1) is 6.58 Å². The first-order valence-corrected chi connectivity index (χ1v) is 7.61. The van der Waals surface area contributed by atoms with Crippen LogP contribution in [0, 0.1) is 0 Å². The van der Waals surface area contributed by atoms with E-state index >= 15 is 0 Å². The summed E-state index contributed by atoms with van der Waals surface area (Å²) in [7, 11) is 1.70. The molecule has 0 aliphatic rings. The lowest BCUT2D eigenvalue weighted by Crippen LogP contribution is -1.97. The predicted molar refractivity (Wildman–Crippen MR) is 89.8 cm³/mol. The molecule has 0 saturated heterocycles. The molecule has 0 fully saturated rings. The molecule has 0 bridgehead atoms. The Hall–Kier alpha value is -1.58. The van der Waals surface area contributed by atoms with E-state index in [0.29, 0.717) is 13.2 Å². The molecule has 110 valence electrons. The average molecular weight is 347 g/mol. The van der Waals surface area contributed by atoms with Crippen LogP contribution in [-0.4, -0.2) is 13.7 Å². The zero-order valence-electron chi connectivity index (χ0n) is 12.1. The van der Waals surface area contributed by atoms with Gasteiger partial charge in [0, 0.05) is 10.9 Å². The molecule has 0 heterocycles. The van der Waals surface area contributed by atoms with E-state index in [1.807, 2.05) is 18.2 Å². The first-order valence-electron chi connectivity index (χ1n) is 6.82. The molecule has 2 aromatic rings. The zero-order chi connectivity index (χ0) is 15.1. The minimum absolute atomic E-state index is 0.565. The van der Waals surface area contributed by atoms with Crippen molar-refractivity contribution in [2.24, 2.45) is 0 Å². The summed E-state index contributed by atoms with van der Waals surface area (Å²) in [5.41, 5.74) is 3.56. The summed E-state index contributed by atoms with van der Waals surface area (Å²) in [6.07, 6.45) is 2.60. The third-order valence-corrected chi connectivity index (χ3v) is 3.94. The van der Waals surface area contributed by atoms with Gasteiger partial charge in [-0.25, -0.2) is 0 Å². The third-order valence-electron chi connectivity index (χ3n) is 3.20. The Balaban J connectivity index is 2.11. The van der Waals surface area contributed by atoms with Crippen LogP contribution in [0.1, 0.15) is 16.7 Å². The van der Waals surface area contributed by atoms with Crippen LogP contribution in [0.15, 0.2) is 59.6 Å². The molecule has 0 amide bonds. The molecule has 21 heavy (non-hydrogen) atoms. The van der Waals surface area contributed by atoms with Gasteiger partial charge in [-0.3, -0.25) is 0 Å². The van der Waals surface area contributed by atoms with Gasteiger partial charge in [0.1, 0.15) is 5.75 Å². The Kier molecular flexibility index (Phi) is 6.03. The number of para-hydroxylation sites is 1. The van der Waals surface area contributed by atoms with E-state index in [1.165, 1.54) is 11.1 Å². The molecule has 0 atom stereocenters. The lowest BCUT2D eigenvalue weighted by Gasteiger charge is -2.10. The van der Waals surface area contributed by atoms with Crippen LogP contribution in [0.25, 0.3) is 0 Å². The topological polar surface area (TPSA) is 18.5 Å². The van der Waals surface area contributed by atoms with Gasteiger partial charge in [-0.1, -0.05) is 52.3 Å². The van der Waals surface area contributed by atoms with Crippen molar-refractivity contribution in [3.63, 3.8) is 0 Å². The van der Waals surface area contributed by atoms with Crippen molar-refractivity contribution in [2.45, 2.75) is 13.0 Å². The molecule has 0 aliphatic heterocycles. The Labute approximate surface area is 134 Å². The maximum atomic E-state index is 5.48. The molecule has 2 aromatic carbocycles. The number of hydrogen-bond acceptors (Lipinski definition) is 2. The standard InChI is InChI=1S/C18H19BrO2/c1-3-10-21-13-16-9-8-14(12-17(16)19)11-15-6-4-5-7-18(15)20-2/h3-9,12H,1,10-11,13H2,2H3. The lowest BCUT2D eigenvalue weighted by molar-refractivity contribution is 0.148. The van der Waals surface area contributed by atoms with Crippen molar-refractivity contribution in [3.05, 3.63) is 76.3 Å². The fourth-order valence-corrected chi connectivity index (χ4v) is 2.68. The predicted octanol–water partition coefficient (Wildman–Crippen LogP) is 4.75. The summed E-state index contributed by atoms with van der Waals surface area (Å²) in [6.45, 7) is 4.79. The van der Waals surface area contributed by atoms with Crippen LogP contribution in [0.5, 0.6) is 5.75 Å². The molecular formula is C18H19BrO2. The Morgan fingerprint density at radius 3 is 2.67 bits per heavy atom. The highest BCUT2D eigenvalue weighted by atomic mass is 79.9. The molecule has 0 saturated carbocycles. The maximum absolute atomic E-state index is 5.48. The molecule has 2 rings (SSSR count). The van der Waals surface area contributed by atoms with Crippen LogP contribution >= 0.6 is 15.9 Å². The zero-order valence-corrected chi connectivity index (χ0v) is 13.7. The van der Waals surface area contributed by atoms with Crippen LogP contribution < -0.4 is 4.74 Å². The second-order valence-electron chi connectivity index (χ2n) is 4.72. The summed E-state index contributed by atoms with van der Waals surface area (Å²) in [4.78, 5) is 0. The summed E-state index contributed by atoms with van der Waals surface area (Å²) in [5.74, 6) is 0.923. The van der Waals surface area contributed by atoms with Crippen LogP contribution in [0.2, 0.25) is 0 Å². The molecule has 2 nitrogen and oxygen atoms in total. The summed E-state index contributed by atoms with van der Waals surface area (Å²) < 4.78 is 11.9. The number of halogens is 1. The second-order valence-corrected chi connectivity index (χ2v) is 5.57. The number of ether oxygens (including phenoxy) is 2. The summed E-state index contributed by atoms with van der Waals surface area (Å²) >= 11 is 3.61. The number of benzene rings is 2. The number of methoxy groups -OCH3 is 1. The quantitative estimate of drug-likeness (QED) is 0.532. The van der Waals surface area contributed by atoms with Gasteiger partial charge in [0.25, 0.3) is 0 Å². The highest BCUT2D eigenvalue weighted by molar-refractivity contribution is 9.10. The molecule has 3 heteroatoms. The first-order chi connectivity index (χ1) is 10.2. The number of rotatable bonds is 7. The van der Waals surface area contributed by atoms with Gasteiger partial charge in [0.15, 0.2) is 0 Å². The minimum Gasteiger partial charge on any atom is -0.496 e. The smallest absolute Gasteiger partial charge is 0.122 e. The van der Waals surface area contributed by atoms with E-state index in [9.17, 15) is 0 Å². The van der Waals surface area contributed by atoms with Gasteiger partial charge in [0.2, 0.25) is 0 Å². The largest absolute Gasteiger partial charge is 0.496 e. The van der Waals surface area contributed by atoms with Gasteiger partial charge in [-0.2, -0.15) is 0 Å². The van der Waals surface area contributed by atoms with Crippen molar-refractivity contribution in [2.75, 3.05) is 13.7 Å².